The van der Waals surface area contributed by atoms with Crippen molar-refractivity contribution in [3.05, 3.63) is 23.3 Å². The van der Waals surface area contributed by atoms with Crippen LogP contribution in [0.4, 0.5) is 5.69 Å². The topological polar surface area (TPSA) is 41.6 Å². The van der Waals surface area contributed by atoms with Gasteiger partial charge >= 0.3 is 0 Å². The van der Waals surface area contributed by atoms with Crippen LogP contribution >= 0.6 is 0 Å². The van der Waals surface area contributed by atoms with Gasteiger partial charge in [-0.15, -0.1) is 0 Å². The molecule has 2 aliphatic heterocycles. The van der Waals surface area contributed by atoms with E-state index in [9.17, 15) is 4.79 Å². The summed E-state index contributed by atoms with van der Waals surface area (Å²) in [5.74, 6) is 1.40. The highest BCUT2D eigenvalue weighted by atomic mass is 16.5. The molecule has 0 aliphatic carbocycles. The molecule has 4 heteroatoms. The van der Waals surface area contributed by atoms with Gasteiger partial charge in [-0.3, -0.25) is 4.79 Å². The summed E-state index contributed by atoms with van der Waals surface area (Å²) in [6, 6.07) is 4.22. The molecular weight excluding hydrogens is 240 g/mol. The minimum absolute atomic E-state index is 0.0674. The summed E-state index contributed by atoms with van der Waals surface area (Å²) in [5.41, 5.74) is 3.42. The molecule has 19 heavy (non-hydrogen) atoms. The lowest BCUT2D eigenvalue weighted by Gasteiger charge is -2.41. The molecule has 102 valence electrons. The zero-order chi connectivity index (χ0) is 13.6. The van der Waals surface area contributed by atoms with Gasteiger partial charge in [0.2, 0.25) is 5.91 Å². The number of methoxy groups -OCH3 is 1. The number of amides is 1. The third kappa shape index (κ3) is 1.82. The molecule has 2 atom stereocenters. The van der Waals surface area contributed by atoms with Gasteiger partial charge in [0.05, 0.1) is 18.7 Å². The second-order valence-electron chi connectivity index (χ2n) is 5.51. The Bertz CT molecular complexity index is 527. The fourth-order valence-corrected chi connectivity index (χ4v) is 3.42. The van der Waals surface area contributed by atoms with Crippen LogP contribution in [0.3, 0.4) is 0 Å². The molecule has 1 saturated heterocycles. The van der Waals surface area contributed by atoms with E-state index in [4.69, 9.17) is 4.74 Å². The minimum atomic E-state index is 0.0674. The highest BCUT2D eigenvalue weighted by Crippen LogP contribution is 2.46. The fraction of sp³-hybridized carbons (Fsp3) is 0.533. The van der Waals surface area contributed by atoms with Crippen LogP contribution < -0.4 is 15.0 Å². The Balaban J connectivity index is 2.19. The first-order valence-electron chi connectivity index (χ1n) is 6.80. The number of hydrogen-bond acceptors (Lipinski definition) is 3. The standard InChI is InChI=1S/C15H20N2O2/c1-9-6-11-10-4-5-16-8-12(10)15(18)17(2)14(11)13(7-9)19-3/h6-7,10,12,16H,4-5,8H2,1-3H3. The summed E-state index contributed by atoms with van der Waals surface area (Å²) in [7, 11) is 3.52. The summed E-state index contributed by atoms with van der Waals surface area (Å²) >= 11 is 0. The lowest BCUT2D eigenvalue weighted by atomic mass is 9.76. The maximum Gasteiger partial charge on any atom is 0.231 e. The monoisotopic (exact) mass is 260 g/mol. The van der Waals surface area contributed by atoms with Crippen molar-refractivity contribution in [2.24, 2.45) is 5.92 Å². The van der Waals surface area contributed by atoms with Crippen LogP contribution in [0.5, 0.6) is 5.75 Å². The number of rotatable bonds is 1. The van der Waals surface area contributed by atoms with E-state index in [0.29, 0.717) is 5.92 Å². The molecule has 0 bridgehead atoms. The SMILES string of the molecule is COc1cc(C)cc2c1N(C)C(=O)C1CNCCC21. The van der Waals surface area contributed by atoms with Crippen LogP contribution in [0, 0.1) is 12.8 Å². The van der Waals surface area contributed by atoms with E-state index in [0.717, 1.165) is 30.9 Å². The number of nitrogens with zero attached hydrogens (tertiary/aromatic N) is 1. The van der Waals surface area contributed by atoms with Crippen molar-refractivity contribution in [2.75, 3.05) is 32.1 Å². The van der Waals surface area contributed by atoms with Gasteiger partial charge in [0.25, 0.3) is 0 Å². The largest absolute Gasteiger partial charge is 0.495 e. The molecule has 1 aromatic rings. The normalized spacial score (nSPS) is 25.8. The van der Waals surface area contributed by atoms with Gasteiger partial charge in [-0.2, -0.15) is 0 Å². The van der Waals surface area contributed by atoms with Crippen LogP contribution in [-0.4, -0.2) is 33.2 Å². The Morgan fingerprint density at radius 2 is 2.16 bits per heavy atom. The number of aryl methyl sites for hydroxylation is 1. The van der Waals surface area contributed by atoms with Crippen LogP contribution in [0.1, 0.15) is 23.5 Å². The van der Waals surface area contributed by atoms with Gasteiger partial charge < -0.3 is 15.0 Å². The van der Waals surface area contributed by atoms with E-state index in [-0.39, 0.29) is 11.8 Å². The smallest absolute Gasteiger partial charge is 0.231 e. The number of carbonyl (C=O) groups excluding carboxylic acids is 1. The number of fused-ring (bicyclic) bond motifs is 3. The molecular formula is C15H20N2O2. The molecule has 1 fully saturated rings. The molecule has 2 unspecified atom stereocenters. The van der Waals surface area contributed by atoms with Gasteiger partial charge in [-0.05, 0) is 37.1 Å². The van der Waals surface area contributed by atoms with Crippen LogP contribution in [0.25, 0.3) is 0 Å². The van der Waals surface area contributed by atoms with Crippen molar-refractivity contribution in [1.29, 1.82) is 0 Å². The Morgan fingerprint density at radius 1 is 1.37 bits per heavy atom. The predicted octanol–water partition coefficient (Wildman–Crippen LogP) is 1.67. The molecule has 3 rings (SSSR count). The predicted molar refractivity (Wildman–Crippen MR) is 74.9 cm³/mol. The van der Waals surface area contributed by atoms with E-state index in [1.54, 1.807) is 12.0 Å². The van der Waals surface area contributed by atoms with Gasteiger partial charge in [0.1, 0.15) is 5.75 Å². The molecule has 2 aliphatic rings. The fourth-order valence-electron chi connectivity index (χ4n) is 3.42. The van der Waals surface area contributed by atoms with Crippen molar-refractivity contribution in [3.63, 3.8) is 0 Å². The highest BCUT2D eigenvalue weighted by Gasteiger charge is 2.41. The zero-order valence-electron chi connectivity index (χ0n) is 11.7. The van der Waals surface area contributed by atoms with Crippen molar-refractivity contribution in [3.8, 4) is 5.75 Å². The number of piperidine rings is 1. The number of nitrogens with one attached hydrogen (secondary N) is 1. The van der Waals surface area contributed by atoms with Crippen LogP contribution in [0.15, 0.2) is 12.1 Å². The van der Waals surface area contributed by atoms with Gasteiger partial charge in [0, 0.05) is 19.5 Å². The zero-order valence-corrected chi connectivity index (χ0v) is 11.7. The first-order chi connectivity index (χ1) is 9.13. The minimum Gasteiger partial charge on any atom is -0.495 e. The maximum atomic E-state index is 12.5. The van der Waals surface area contributed by atoms with Crippen molar-refractivity contribution in [2.45, 2.75) is 19.3 Å². The number of carbonyl (C=O) groups is 1. The average Bonchev–Trinajstić information content (AvgIpc) is 2.43. The van der Waals surface area contributed by atoms with Gasteiger partial charge in [-0.1, -0.05) is 6.07 Å². The summed E-state index contributed by atoms with van der Waals surface area (Å²) in [6.07, 6.45) is 1.02. The van der Waals surface area contributed by atoms with Gasteiger partial charge in [-0.25, -0.2) is 0 Å². The number of ether oxygens (including phenoxy) is 1. The lowest BCUT2D eigenvalue weighted by molar-refractivity contribution is -0.123. The number of hydrogen-bond donors (Lipinski definition) is 1. The Hall–Kier alpha value is -1.55. The van der Waals surface area contributed by atoms with E-state index >= 15 is 0 Å². The van der Waals surface area contributed by atoms with Crippen LogP contribution in [-0.2, 0) is 4.79 Å². The summed E-state index contributed by atoms with van der Waals surface area (Å²) in [6.45, 7) is 3.84. The Kier molecular flexibility index (Phi) is 2.97. The molecule has 1 aromatic carbocycles. The first-order valence-corrected chi connectivity index (χ1v) is 6.80. The van der Waals surface area contributed by atoms with Crippen LogP contribution in [0.2, 0.25) is 0 Å². The average molecular weight is 260 g/mol. The molecule has 1 amide bonds. The quantitative estimate of drug-likeness (QED) is 0.835. The van der Waals surface area contributed by atoms with Crippen molar-refractivity contribution < 1.29 is 9.53 Å². The number of anilines is 1. The van der Waals surface area contributed by atoms with E-state index < -0.39 is 0 Å². The molecule has 4 nitrogen and oxygen atoms in total. The first kappa shape index (κ1) is 12.5. The molecule has 1 N–H and O–H groups in total. The lowest BCUT2D eigenvalue weighted by Crippen LogP contribution is -2.49. The molecule has 0 radical (unpaired) electrons. The van der Waals surface area contributed by atoms with Gasteiger partial charge in [0.15, 0.2) is 0 Å². The molecule has 0 saturated carbocycles. The molecule has 2 heterocycles. The van der Waals surface area contributed by atoms with E-state index in [2.05, 4.69) is 18.3 Å². The van der Waals surface area contributed by atoms with Crippen molar-refractivity contribution in [1.82, 2.24) is 5.32 Å². The third-order valence-electron chi connectivity index (χ3n) is 4.33. The maximum absolute atomic E-state index is 12.5. The molecule has 0 spiro atoms. The second kappa shape index (κ2) is 4.53. The summed E-state index contributed by atoms with van der Waals surface area (Å²) in [5, 5.41) is 3.33. The van der Waals surface area contributed by atoms with E-state index in [1.807, 2.05) is 13.1 Å². The summed E-state index contributed by atoms with van der Waals surface area (Å²) < 4.78 is 5.48. The number of benzene rings is 1. The van der Waals surface area contributed by atoms with E-state index in [1.165, 1.54) is 11.1 Å². The van der Waals surface area contributed by atoms with Crippen molar-refractivity contribution >= 4 is 11.6 Å². The Labute approximate surface area is 113 Å². The Morgan fingerprint density at radius 3 is 2.89 bits per heavy atom. The molecule has 0 aromatic heterocycles. The second-order valence-corrected chi connectivity index (χ2v) is 5.51. The summed E-state index contributed by atoms with van der Waals surface area (Å²) in [4.78, 5) is 14.3. The third-order valence-corrected chi connectivity index (χ3v) is 4.33. The highest BCUT2D eigenvalue weighted by molar-refractivity contribution is 6.00.